The van der Waals surface area contributed by atoms with E-state index in [1.165, 1.54) is 12.4 Å². The van der Waals surface area contributed by atoms with Gasteiger partial charge in [0.05, 0.1) is 29.7 Å². The van der Waals surface area contributed by atoms with Gasteiger partial charge in [-0.15, -0.1) is 0 Å². The smallest absolute Gasteiger partial charge is 0.408 e. The van der Waals surface area contributed by atoms with Gasteiger partial charge in [0.2, 0.25) is 0 Å². The Labute approximate surface area is 128 Å². The molecule has 112 valence electrons. The van der Waals surface area contributed by atoms with Crippen LogP contribution < -0.4 is 16.8 Å². The number of nitrogen functional groups attached to an aromatic ring is 2. The molecule has 0 aliphatic carbocycles. The minimum Gasteiger partial charge on any atom is -0.445 e. The summed E-state index contributed by atoms with van der Waals surface area (Å²) in [5.41, 5.74) is 13.6. The van der Waals surface area contributed by atoms with Crippen LogP contribution in [0, 0.1) is 11.8 Å². The molecule has 0 atom stereocenters. The van der Waals surface area contributed by atoms with Crippen molar-refractivity contribution < 1.29 is 9.53 Å². The van der Waals surface area contributed by atoms with E-state index in [-0.39, 0.29) is 13.2 Å². The number of alkyl carbamates (subject to hydrolysis) is 1. The summed E-state index contributed by atoms with van der Waals surface area (Å²) in [4.78, 5) is 15.4. The molecular weight excluding hydrogens is 280 g/mol. The van der Waals surface area contributed by atoms with E-state index in [1.54, 1.807) is 0 Å². The molecular formula is C16H16N4O2. The number of rotatable bonds is 3. The highest BCUT2D eigenvalue weighted by molar-refractivity contribution is 5.70. The molecule has 2 rings (SSSR count). The van der Waals surface area contributed by atoms with E-state index >= 15 is 0 Å². The fourth-order valence-corrected chi connectivity index (χ4v) is 1.62. The number of ether oxygens (including phenoxy) is 1. The lowest BCUT2D eigenvalue weighted by Gasteiger charge is -2.04. The number of nitrogens with two attached hydrogens (primary N) is 2. The topological polar surface area (TPSA) is 103 Å². The van der Waals surface area contributed by atoms with Gasteiger partial charge in [0.25, 0.3) is 0 Å². The summed E-state index contributed by atoms with van der Waals surface area (Å²) in [5, 5.41) is 2.53. The number of nitrogens with zero attached hydrogens (tertiary/aromatic N) is 1. The van der Waals surface area contributed by atoms with Gasteiger partial charge < -0.3 is 21.5 Å². The van der Waals surface area contributed by atoms with Crippen LogP contribution in [0.1, 0.15) is 11.1 Å². The van der Waals surface area contributed by atoms with Gasteiger partial charge in [-0.25, -0.2) is 4.79 Å². The number of carbonyl (C=O) groups excluding carboxylic acids is 1. The largest absolute Gasteiger partial charge is 0.445 e. The van der Waals surface area contributed by atoms with Crippen molar-refractivity contribution in [1.29, 1.82) is 0 Å². The fraction of sp³-hybridized carbons (Fsp3) is 0.125. The lowest BCUT2D eigenvalue weighted by molar-refractivity contribution is 0.141. The quantitative estimate of drug-likeness (QED) is 0.745. The first-order valence-electron chi connectivity index (χ1n) is 6.59. The standard InChI is InChI=1S/C16H16N4O2/c17-14-10-19-9-13(15(14)18)7-4-8-20-16(21)22-11-12-5-2-1-3-6-12/h1-3,5-6,9-10H,8,11,17H2,(H2,18,19)(H,20,21). The van der Waals surface area contributed by atoms with Gasteiger partial charge in [0.1, 0.15) is 6.61 Å². The number of amides is 1. The zero-order valence-electron chi connectivity index (χ0n) is 11.9. The number of pyridine rings is 1. The van der Waals surface area contributed by atoms with Crippen molar-refractivity contribution in [3.8, 4) is 11.8 Å². The summed E-state index contributed by atoms with van der Waals surface area (Å²) in [5.74, 6) is 5.56. The van der Waals surface area contributed by atoms with Crippen molar-refractivity contribution in [2.75, 3.05) is 18.0 Å². The van der Waals surface area contributed by atoms with Crippen LogP contribution in [0.4, 0.5) is 16.2 Å². The van der Waals surface area contributed by atoms with Crippen LogP contribution in [-0.4, -0.2) is 17.6 Å². The lowest BCUT2D eigenvalue weighted by Crippen LogP contribution is -2.24. The average Bonchev–Trinajstić information content (AvgIpc) is 2.54. The molecule has 0 spiro atoms. The molecule has 2 aromatic rings. The molecule has 22 heavy (non-hydrogen) atoms. The van der Waals surface area contributed by atoms with Gasteiger partial charge >= 0.3 is 6.09 Å². The number of anilines is 2. The van der Waals surface area contributed by atoms with Crippen LogP contribution in [0.3, 0.4) is 0 Å². The first kappa shape index (κ1) is 15.2. The van der Waals surface area contributed by atoms with Crippen molar-refractivity contribution in [3.05, 3.63) is 53.9 Å². The van der Waals surface area contributed by atoms with E-state index in [9.17, 15) is 4.79 Å². The molecule has 0 saturated carbocycles. The first-order valence-corrected chi connectivity index (χ1v) is 6.59. The minimum absolute atomic E-state index is 0.141. The molecule has 1 aromatic heterocycles. The predicted molar refractivity (Wildman–Crippen MR) is 84.6 cm³/mol. The molecule has 0 unspecified atom stereocenters. The highest BCUT2D eigenvalue weighted by Gasteiger charge is 2.01. The van der Waals surface area contributed by atoms with Crippen LogP contribution >= 0.6 is 0 Å². The maximum atomic E-state index is 11.5. The third-order valence-corrected chi connectivity index (χ3v) is 2.78. The van der Waals surface area contributed by atoms with Crippen molar-refractivity contribution in [2.24, 2.45) is 0 Å². The Balaban J connectivity index is 1.78. The summed E-state index contributed by atoms with van der Waals surface area (Å²) in [6.45, 7) is 0.355. The second-order valence-corrected chi connectivity index (χ2v) is 4.41. The SMILES string of the molecule is Nc1cncc(C#CCNC(=O)OCc2ccccc2)c1N. The molecule has 0 saturated heterocycles. The lowest BCUT2D eigenvalue weighted by atomic mass is 10.2. The monoisotopic (exact) mass is 296 g/mol. The Morgan fingerprint density at radius 2 is 2.00 bits per heavy atom. The number of nitrogens with one attached hydrogen (secondary N) is 1. The van der Waals surface area contributed by atoms with Gasteiger partial charge in [0.15, 0.2) is 0 Å². The third kappa shape index (κ3) is 4.42. The zero-order chi connectivity index (χ0) is 15.8. The summed E-state index contributed by atoms with van der Waals surface area (Å²) >= 11 is 0. The first-order chi connectivity index (χ1) is 10.7. The second kappa shape index (κ2) is 7.55. The summed E-state index contributed by atoms with van der Waals surface area (Å²) in [7, 11) is 0. The zero-order valence-corrected chi connectivity index (χ0v) is 11.9. The van der Waals surface area contributed by atoms with Gasteiger partial charge in [-0.1, -0.05) is 42.2 Å². The molecule has 0 fully saturated rings. The number of hydrogen-bond donors (Lipinski definition) is 3. The molecule has 5 N–H and O–H groups in total. The molecule has 0 aliphatic rings. The number of hydrogen-bond acceptors (Lipinski definition) is 5. The predicted octanol–water partition coefficient (Wildman–Crippen LogP) is 1.52. The molecule has 0 aliphatic heterocycles. The van der Waals surface area contributed by atoms with Crippen LogP contribution in [0.5, 0.6) is 0 Å². The van der Waals surface area contributed by atoms with Gasteiger partial charge in [-0.2, -0.15) is 0 Å². The van der Waals surface area contributed by atoms with E-state index in [4.69, 9.17) is 16.2 Å². The normalized spacial score (nSPS) is 9.45. The molecule has 0 bridgehead atoms. The van der Waals surface area contributed by atoms with Gasteiger partial charge in [0, 0.05) is 6.20 Å². The molecule has 6 nitrogen and oxygen atoms in total. The van der Waals surface area contributed by atoms with Gasteiger partial charge in [-0.05, 0) is 5.56 Å². The van der Waals surface area contributed by atoms with Crippen molar-refractivity contribution >= 4 is 17.5 Å². The van der Waals surface area contributed by atoms with E-state index in [2.05, 4.69) is 22.1 Å². The molecule has 1 aromatic carbocycles. The number of benzene rings is 1. The fourth-order valence-electron chi connectivity index (χ4n) is 1.62. The highest BCUT2D eigenvalue weighted by atomic mass is 16.5. The summed E-state index contributed by atoms with van der Waals surface area (Å²) in [6, 6.07) is 9.42. The molecule has 6 heteroatoms. The molecule has 1 amide bonds. The second-order valence-electron chi connectivity index (χ2n) is 4.41. The molecule has 1 heterocycles. The Hall–Kier alpha value is -3.20. The van der Waals surface area contributed by atoms with Crippen molar-refractivity contribution in [2.45, 2.75) is 6.61 Å². The van der Waals surface area contributed by atoms with E-state index in [0.717, 1.165) is 5.56 Å². The average molecular weight is 296 g/mol. The Bertz CT molecular complexity index is 705. The maximum Gasteiger partial charge on any atom is 0.408 e. The number of aromatic nitrogens is 1. The van der Waals surface area contributed by atoms with Crippen LogP contribution in [0.2, 0.25) is 0 Å². The Morgan fingerprint density at radius 1 is 1.23 bits per heavy atom. The van der Waals surface area contributed by atoms with Crippen molar-refractivity contribution in [3.63, 3.8) is 0 Å². The van der Waals surface area contributed by atoms with E-state index in [0.29, 0.717) is 16.9 Å². The van der Waals surface area contributed by atoms with E-state index in [1.807, 2.05) is 30.3 Å². The number of carbonyl (C=O) groups is 1. The van der Waals surface area contributed by atoms with Crippen LogP contribution in [-0.2, 0) is 11.3 Å². The Morgan fingerprint density at radius 3 is 2.77 bits per heavy atom. The summed E-state index contributed by atoms with van der Waals surface area (Å²) < 4.78 is 5.05. The molecule has 0 radical (unpaired) electrons. The Kier molecular flexibility index (Phi) is 5.21. The highest BCUT2D eigenvalue weighted by Crippen LogP contribution is 2.15. The van der Waals surface area contributed by atoms with Crippen LogP contribution in [0.15, 0.2) is 42.7 Å². The maximum absolute atomic E-state index is 11.5. The summed E-state index contributed by atoms with van der Waals surface area (Å²) in [6.07, 6.45) is 2.45. The van der Waals surface area contributed by atoms with Crippen LogP contribution in [0.25, 0.3) is 0 Å². The third-order valence-electron chi connectivity index (χ3n) is 2.78. The van der Waals surface area contributed by atoms with Gasteiger partial charge in [-0.3, -0.25) is 4.98 Å². The van der Waals surface area contributed by atoms with Crippen molar-refractivity contribution in [1.82, 2.24) is 10.3 Å². The minimum atomic E-state index is -0.531. The van der Waals surface area contributed by atoms with E-state index < -0.39 is 6.09 Å².